The summed E-state index contributed by atoms with van der Waals surface area (Å²) in [6.45, 7) is 3.82. The highest BCUT2D eigenvalue weighted by Crippen LogP contribution is 2.41. The highest BCUT2D eigenvalue weighted by Gasteiger charge is 2.48. The number of hydrogen-bond donors (Lipinski definition) is 2. The molecule has 4 nitrogen and oxygen atoms in total. The third kappa shape index (κ3) is 3.30. The van der Waals surface area contributed by atoms with Gasteiger partial charge in [-0.25, -0.2) is 4.79 Å². The monoisotopic (exact) mass is 349 g/mol. The number of alkyl halides is 3. The number of rotatable bonds is 3. The number of fused-ring (bicyclic) bond motifs is 1. The van der Waals surface area contributed by atoms with Crippen LogP contribution in [-0.2, 0) is 10.2 Å². The molecule has 0 fully saturated rings. The minimum Gasteiger partial charge on any atom is -0.478 e. The van der Waals surface area contributed by atoms with E-state index in [1.54, 1.807) is 13.8 Å². The fraction of sp³-hybridized carbons (Fsp3) is 0.400. The van der Waals surface area contributed by atoms with Gasteiger partial charge in [-0.15, -0.1) is 0 Å². The van der Waals surface area contributed by atoms with Crippen LogP contribution in [0.5, 0.6) is 5.75 Å². The van der Waals surface area contributed by atoms with Gasteiger partial charge in [-0.05, 0) is 23.8 Å². The van der Waals surface area contributed by atoms with E-state index in [2.05, 4.69) is 0 Å². The molecule has 0 bridgehead atoms. The molecule has 8 heteroatoms. The van der Waals surface area contributed by atoms with Crippen molar-refractivity contribution in [3.8, 4) is 5.75 Å². The first-order valence-corrected chi connectivity index (χ1v) is 7.07. The topological polar surface area (TPSA) is 72.6 Å². The summed E-state index contributed by atoms with van der Waals surface area (Å²) in [5.74, 6) is -1.77. The number of carbonyl (C=O) groups is 1. The highest BCUT2D eigenvalue weighted by molar-refractivity contribution is 6.31. The number of aliphatic carboxylic acids is 1. The molecule has 0 saturated carbocycles. The number of carboxylic acid groups (broad SMARTS) is 1. The fourth-order valence-electron chi connectivity index (χ4n) is 2.26. The van der Waals surface area contributed by atoms with Crippen LogP contribution in [0.4, 0.5) is 13.2 Å². The van der Waals surface area contributed by atoms with Gasteiger partial charge in [-0.2, -0.15) is 13.2 Å². The zero-order valence-electron chi connectivity index (χ0n) is 12.4. The summed E-state index contributed by atoms with van der Waals surface area (Å²) in [6, 6.07) is 2.78. The Hall–Kier alpha value is -1.73. The van der Waals surface area contributed by atoms with E-state index < -0.39 is 29.2 Å². The molecule has 1 heterocycles. The van der Waals surface area contributed by atoms with Crippen LogP contribution in [0, 0.1) is 0 Å². The van der Waals surface area contributed by atoms with Gasteiger partial charge >= 0.3 is 12.1 Å². The van der Waals surface area contributed by atoms with Gasteiger partial charge in [0.05, 0.1) is 5.57 Å². The number of nitrogens with two attached hydrogens (primary N) is 1. The van der Waals surface area contributed by atoms with Crippen LogP contribution in [0.3, 0.4) is 0 Å². The van der Waals surface area contributed by atoms with Crippen LogP contribution in [0.25, 0.3) is 6.08 Å². The van der Waals surface area contributed by atoms with E-state index in [1.165, 1.54) is 12.1 Å². The van der Waals surface area contributed by atoms with Gasteiger partial charge in [0.15, 0.2) is 0 Å². The van der Waals surface area contributed by atoms with E-state index in [0.717, 1.165) is 6.08 Å². The first-order valence-electron chi connectivity index (χ1n) is 6.69. The maximum Gasteiger partial charge on any atom is 0.430 e. The lowest BCUT2D eigenvalue weighted by molar-refractivity contribution is -0.187. The third-order valence-electron chi connectivity index (χ3n) is 3.72. The molecule has 126 valence electrons. The van der Waals surface area contributed by atoms with Crippen LogP contribution >= 0.6 is 11.6 Å². The van der Waals surface area contributed by atoms with Crippen LogP contribution in [-0.4, -0.2) is 29.9 Å². The second-order valence-corrected chi connectivity index (χ2v) is 6.31. The quantitative estimate of drug-likeness (QED) is 0.877. The van der Waals surface area contributed by atoms with Gasteiger partial charge in [0, 0.05) is 22.5 Å². The molecule has 2 rings (SSSR count). The minimum atomic E-state index is -4.84. The van der Waals surface area contributed by atoms with Crippen molar-refractivity contribution in [2.75, 3.05) is 6.54 Å². The van der Waals surface area contributed by atoms with Gasteiger partial charge < -0.3 is 15.6 Å². The van der Waals surface area contributed by atoms with Gasteiger partial charge in [-0.3, -0.25) is 0 Å². The van der Waals surface area contributed by atoms with Gasteiger partial charge in [0.25, 0.3) is 0 Å². The van der Waals surface area contributed by atoms with E-state index >= 15 is 0 Å². The molecule has 0 aromatic heterocycles. The SMILES string of the molecule is CC(C)(CN)c1cc2c(cc1Cl)C=C(C(=O)O)C(C(F)(F)F)O2. The molecule has 0 amide bonds. The molecule has 1 unspecified atom stereocenters. The van der Waals surface area contributed by atoms with Crippen molar-refractivity contribution in [2.45, 2.75) is 31.5 Å². The molecular weight excluding hydrogens is 335 g/mol. The lowest BCUT2D eigenvalue weighted by atomic mass is 9.83. The summed E-state index contributed by atoms with van der Waals surface area (Å²) in [4.78, 5) is 11.1. The number of halogens is 4. The Morgan fingerprint density at radius 2 is 2.00 bits per heavy atom. The molecule has 3 N–H and O–H groups in total. The van der Waals surface area contributed by atoms with Crippen LogP contribution < -0.4 is 10.5 Å². The Balaban J connectivity index is 2.61. The van der Waals surface area contributed by atoms with Gasteiger partial charge in [0.1, 0.15) is 5.75 Å². The Kier molecular flexibility index (Phi) is 4.38. The summed E-state index contributed by atoms with van der Waals surface area (Å²) in [5, 5.41) is 9.28. The molecule has 0 spiro atoms. The van der Waals surface area contributed by atoms with Crippen LogP contribution in [0.1, 0.15) is 25.0 Å². The minimum absolute atomic E-state index is 0.0711. The molecule has 23 heavy (non-hydrogen) atoms. The summed E-state index contributed by atoms with van der Waals surface area (Å²) in [5.41, 5.74) is 4.94. The second kappa shape index (κ2) is 5.72. The zero-order chi connectivity index (χ0) is 17.6. The summed E-state index contributed by atoms with van der Waals surface area (Å²) in [7, 11) is 0. The molecule has 1 aliphatic rings. The summed E-state index contributed by atoms with van der Waals surface area (Å²) in [6.07, 6.45) is -6.43. The Morgan fingerprint density at radius 3 is 2.48 bits per heavy atom. The van der Waals surface area contributed by atoms with Crippen molar-refractivity contribution in [1.29, 1.82) is 0 Å². The maximum absolute atomic E-state index is 13.1. The standard InChI is InChI=1S/C15H15ClF3NO3/c1-14(2,6-20)9-5-11-7(4-10(9)16)3-8(13(21)22)12(23-11)15(17,18)19/h3-5,12H,6,20H2,1-2H3,(H,21,22). The Labute approximate surface area is 135 Å². The number of benzene rings is 1. The van der Waals surface area contributed by atoms with Gasteiger partial charge in [0.2, 0.25) is 6.10 Å². The first kappa shape index (κ1) is 17.6. The Morgan fingerprint density at radius 1 is 1.39 bits per heavy atom. The normalized spacial score (nSPS) is 18.0. The second-order valence-electron chi connectivity index (χ2n) is 5.90. The van der Waals surface area contributed by atoms with E-state index in [-0.39, 0.29) is 22.9 Å². The maximum atomic E-state index is 13.1. The average molecular weight is 350 g/mol. The summed E-state index contributed by atoms with van der Waals surface area (Å²) >= 11 is 6.17. The molecule has 0 saturated heterocycles. The molecule has 1 atom stereocenters. The van der Waals surface area contributed by atoms with E-state index in [4.69, 9.17) is 27.2 Å². The van der Waals surface area contributed by atoms with Crippen LogP contribution in [0.15, 0.2) is 17.7 Å². The average Bonchev–Trinajstić information content (AvgIpc) is 2.43. The highest BCUT2D eigenvalue weighted by atomic mass is 35.5. The fourth-order valence-corrected chi connectivity index (χ4v) is 2.69. The van der Waals surface area contributed by atoms with E-state index in [1.807, 2.05) is 0 Å². The largest absolute Gasteiger partial charge is 0.478 e. The molecular formula is C15H15ClF3NO3. The van der Waals surface area contributed by atoms with Crippen LogP contribution in [0.2, 0.25) is 5.02 Å². The zero-order valence-corrected chi connectivity index (χ0v) is 13.1. The molecule has 0 aliphatic carbocycles. The van der Waals surface area contributed by atoms with Crippen molar-refractivity contribution < 1.29 is 27.8 Å². The number of carboxylic acids is 1. The molecule has 1 aromatic rings. The first-order chi connectivity index (χ1) is 10.5. The lowest BCUT2D eigenvalue weighted by Crippen LogP contribution is -2.40. The summed E-state index contributed by atoms with van der Waals surface area (Å²) < 4.78 is 44.1. The number of ether oxygens (including phenoxy) is 1. The van der Waals surface area contributed by atoms with E-state index in [0.29, 0.717) is 5.56 Å². The van der Waals surface area contributed by atoms with Crippen molar-refractivity contribution in [3.05, 3.63) is 33.9 Å². The molecule has 0 radical (unpaired) electrons. The molecule has 1 aromatic carbocycles. The van der Waals surface area contributed by atoms with E-state index in [9.17, 15) is 18.0 Å². The lowest BCUT2D eigenvalue weighted by Gasteiger charge is -2.30. The predicted octanol–water partition coefficient (Wildman–Crippen LogP) is 3.37. The smallest absolute Gasteiger partial charge is 0.430 e. The number of hydrogen-bond acceptors (Lipinski definition) is 3. The van der Waals surface area contributed by atoms with Crippen molar-refractivity contribution in [1.82, 2.24) is 0 Å². The van der Waals surface area contributed by atoms with Crippen molar-refractivity contribution in [2.24, 2.45) is 5.73 Å². The van der Waals surface area contributed by atoms with Crippen molar-refractivity contribution >= 4 is 23.6 Å². The predicted molar refractivity (Wildman–Crippen MR) is 79.6 cm³/mol. The third-order valence-corrected chi connectivity index (χ3v) is 4.03. The van der Waals surface area contributed by atoms with Crippen molar-refractivity contribution in [3.63, 3.8) is 0 Å². The van der Waals surface area contributed by atoms with Gasteiger partial charge in [-0.1, -0.05) is 25.4 Å². The molecule has 1 aliphatic heterocycles. The Bertz CT molecular complexity index is 683.